The molecule has 1 heterocycles. The van der Waals surface area contributed by atoms with Gasteiger partial charge in [-0.05, 0) is 43.2 Å². The monoisotopic (exact) mass is 380 g/mol. The molecule has 5 nitrogen and oxygen atoms in total. The van der Waals surface area contributed by atoms with Gasteiger partial charge >= 0.3 is 0 Å². The predicted molar refractivity (Wildman–Crippen MR) is 108 cm³/mol. The van der Waals surface area contributed by atoms with E-state index in [9.17, 15) is 4.79 Å². The maximum absolute atomic E-state index is 12.5. The number of aryl methyl sites for hydroxylation is 1. The molecule has 2 aromatic carbocycles. The Kier molecular flexibility index (Phi) is 6.04. The van der Waals surface area contributed by atoms with Crippen molar-refractivity contribution in [3.63, 3.8) is 0 Å². The van der Waals surface area contributed by atoms with Gasteiger partial charge in [-0.2, -0.15) is 0 Å². The lowest BCUT2D eigenvalue weighted by molar-refractivity contribution is 0.0945. The van der Waals surface area contributed by atoms with E-state index in [1.165, 1.54) is 0 Å². The number of halogens is 1. The van der Waals surface area contributed by atoms with Crippen LogP contribution in [-0.2, 0) is 6.54 Å². The average molecular weight is 381 g/mol. The molecule has 0 fully saturated rings. The van der Waals surface area contributed by atoms with Crippen LogP contribution in [0.25, 0.3) is 0 Å². The van der Waals surface area contributed by atoms with Gasteiger partial charge in [-0.3, -0.25) is 4.79 Å². The number of hydrogen-bond donors (Lipinski definition) is 2. The second-order valence-corrected chi connectivity index (χ2v) is 6.74. The highest BCUT2D eigenvalue weighted by atomic mass is 35.5. The quantitative estimate of drug-likeness (QED) is 0.658. The number of nitrogens with one attached hydrogen (secondary N) is 2. The van der Waals surface area contributed by atoms with Gasteiger partial charge in [-0.1, -0.05) is 54.1 Å². The molecule has 1 aromatic heterocycles. The zero-order valence-corrected chi connectivity index (χ0v) is 16.0. The van der Waals surface area contributed by atoms with Crippen LogP contribution in [0.5, 0.6) is 0 Å². The lowest BCUT2D eigenvalue weighted by Gasteiger charge is -2.15. The van der Waals surface area contributed by atoms with Crippen LogP contribution in [0.2, 0.25) is 5.02 Å². The summed E-state index contributed by atoms with van der Waals surface area (Å²) in [7, 11) is 0. The molecule has 0 aliphatic carbocycles. The summed E-state index contributed by atoms with van der Waals surface area (Å²) < 4.78 is 0. The highest BCUT2D eigenvalue weighted by Crippen LogP contribution is 2.17. The Morgan fingerprint density at radius 2 is 1.78 bits per heavy atom. The topological polar surface area (TPSA) is 66.9 Å². The van der Waals surface area contributed by atoms with E-state index in [0.717, 1.165) is 16.8 Å². The molecule has 2 N–H and O–H groups in total. The Hall–Kier alpha value is -2.92. The van der Waals surface area contributed by atoms with Gasteiger partial charge in [-0.15, -0.1) is 0 Å². The summed E-state index contributed by atoms with van der Waals surface area (Å²) in [6, 6.07) is 19.1. The fraction of sp³-hybridized carbons (Fsp3) is 0.190. The van der Waals surface area contributed by atoms with Crippen molar-refractivity contribution in [2.45, 2.75) is 26.4 Å². The maximum Gasteiger partial charge on any atom is 0.270 e. The number of hydrogen-bond acceptors (Lipinski definition) is 4. The molecule has 1 amide bonds. The van der Waals surface area contributed by atoms with Crippen molar-refractivity contribution in [2.24, 2.45) is 0 Å². The second-order valence-electron chi connectivity index (χ2n) is 6.30. The molecule has 6 heteroatoms. The molecule has 3 rings (SSSR count). The number of carbonyl (C=O) groups is 1. The Balaban J connectivity index is 1.68. The Morgan fingerprint density at radius 3 is 2.48 bits per heavy atom. The maximum atomic E-state index is 12.5. The molecule has 0 radical (unpaired) electrons. The van der Waals surface area contributed by atoms with Gasteiger partial charge in [0.1, 0.15) is 5.69 Å². The summed E-state index contributed by atoms with van der Waals surface area (Å²) >= 11 is 5.88. The van der Waals surface area contributed by atoms with E-state index in [2.05, 4.69) is 20.6 Å². The number of carbonyl (C=O) groups excluding carboxylic acids is 1. The highest BCUT2D eigenvalue weighted by Gasteiger charge is 2.12. The molecule has 3 aromatic rings. The first-order chi connectivity index (χ1) is 13.0. The summed E-state index contributed by atoms with van der Waals surface area (Å²) in [4.78, 5) is 21.3. The summed E-state index contributed by atoms with van der Waals surface area (Å²) in [6.07, 6.45) is 0. The zero-order valence-electron chi connectivity index (χ0n) is 15.2. The Bertz CT molecular complexity index is 913. The number of nitrogens with zero attached hydrogens (tertiary/aromatic N) is 2. The molecule has 1 unspecified atom stereocenters. The first kappa shape index (κ1) is 18.9. The van der Waals surface area contributed by atoms with Crippen molar-refractivity contribution in [2.75, 3.05) is 5.32 Å². The Morgan fingerprint density at radius 1 is 1.07 bits per heavy atom. The molecule has 0 aliphatic heterocycles. The fourth-order valence-electron chi connectivity index (χ4n) is 2.64. The van der Waals surface area contributed by atoms with E-state index in [-0.39, 0.29) is 11.9 Å². The van der Waals surface area contributed by atoms with Crippen molar-refractivity contribution in [1.29, 1.82) is 0 Å². The molecule has 1 atom stereocenters. The van der Waals surface area contributed by atoms with Crippen molar-refractivity contribution in [3.05, 3.63) is 88.2 Å². The van der Waals surface area contributed by atoms with Crippen molar-refractivity contribution < 1.29 is 4.79 Å². The van der Waals surface area contributed by atoms with Crippen LogP contribution in [0, 0.1) is 6.92 Å². The fourth-order valence-corrected chi connectivity index (χ4v) is 2.77. The largest absolute Gasteiger partial charge is 0.348 e. The van der Waals surface area contributed by atoms with Crippen LogP contribution >= 0.6 is 11.6 Å². The van der Waals surface area contributed by atoms with E-state index in [1.807, 2.05) is 56.3 Å². The zero-order chi connectivity index (χ0) is 19.2. The van der Waals surface area contributed by atoms with Crippen molar-refractivity contribution in [3.8, 4) is 0 Å². The van der Waals surface area contributed by atoms with Gasteiger partial charge in [0.2, 0.25) is 5.95 Å². The molecular formula is C21H21ClN4O. The standard InChI is InChI=1S/C21H21ClN4O/c1-14-12-19(20(27)23-13-16-8-10-18(22)11-9-16)26-21(24-14)25-15(2)17-6-4-3-5-7-17/h3-12,15H,13H2,1-2H3,(H,23,27)(H,24,25,26). The van der Waals surface area contributed by atoms with Gasteiger partial charge in [0, 0.05) is 17.3 Å². The van der Waals surface area contributed by atoms with Crippen LogP contribution < -0.4 is 10.6 Å². The molecule has 0 aliphatic rings. The van der Waals surface area contributed by atoms with Gasteiger partial charge in [-0.25, -0.2) is 9.97 Å². The van der Waals surface area contributed by atoms with Gasteiger partial charge < -0.3 is 10.6 Å². The minimum Gasteiger partial charge on any atom is -0.348 e. The third-order valence-corrected chi connectivity index (χ3v) is 4.35. The van der Waals surface area contributed by atoms with Crippen LogP contribution in [0.15, 0.2) is 60.7 Å². The molecule has 0 saturated heterocycles. The van der Waals surface area contributed by atoms with Crippen LogP contribution in [0.4, 0.5) is 5.95 Å². The van der Waals surface area contributed by atoms with E-state index in [4.69, 9.17) is 11.6 Å². The lowest BCUT2D eigenvalue weighted by Crippen LogP contribution is -2.24. The van der Waals surface area contributed by atoms with E-state index in [0.29, 0.717) is 23.2 Å². The first-order valence-electron chi connectivity index (χ1n) is 8.71. The van der Waals surface area contributed by atoms with Crippen LogP contribution in [0.3, 0.4) is 0 Å². The van der Waals surface area contributed by atoms with Crippen LogP contribution in [-0.4, -0.2) is 15.9 Å². The van der Waals surface area contributed by atoms with Gasteiger partial charge in [0.25, 0.3) is 5.91 Å². The van der Waals surface area contributed by atoms with Crippen LogP contribution in [0.1, 0.15) is 40.3 Å². The molecule has 0 spiro atoms. The summed E-state index contributed by atoms with van der Waals surface area (Å²) in [5, 5.41) is 6.80. The lowest BCUT2D eigenvalue weighted by atomic mass is 10.1. The van der Waals surface area contributed by atoms with Gasteiger partial charge in [0.15, 0.2) is 0 Å². The second kappa shape index (κ2) is 8.64. The molecule has 138 valence electrons. The summed E-state index contributed by atoms with van der Waals surface area (Å²) in [5.74, 6) is 0.189. The third kappa shape index (κ3) is 5.28. The number of aromatic nitrogens is 2. The van der Waals surface area contributed by atoms with Crippen molar-refractivity contribution >= 4 is 23.5 Å². The van der Waals surface area contributed by atoms with E-state index >= 15 is 0 Å². The minimum atomic E-state index is -0.245. The van der Waals surface area contributed by atoms with E-state index < -0.39 is 0 Å². The number of anilines is 1. The first-order valence-corrected chi connectivity index (χ1v) is 9.09. The molecule has 0 bridgehead atoms. The normalized spacial score (nSPS) is 11.7. The number of amides is 1. The minimum absolute atomic E-state index is 0.0259. The Labute approximate surface area is 163 Å². The number of rotatable bonds is 6. The molecular weight excluding hydrogens is 360 g/mol. The third-order valence-electron chi connectivity index (χ3n) is 4.10. The highest BCUT2D eigenvalue weighted by molar-refractivity contribution is 6.30. The average Bonchev–Trinajstić information content (AvgIpc) is 2.67. The summed E-state index contributed by atoms with van der Waals surface area (Å²) in [5.41, 5.74) is 3.15. The van der Waals surface area contributed by atoms with Crippen molar-refractivity contribution in [1.82, 2.24) is 15.3 Å². The predicted octanol–water partition coefficient (Wildman–Crippen LogP) is 4.54. The van der Waals surface area contributed by atoms with Gasteiger partial charge in [0.05, 0.1) is 6.04 Å². The smallest absolute Gasteiger partial charge is 0.270 e. The SMILES string of the molecule is Cc1cc(C(=O)NCc2ccc(Cl)cc2)nc(NC(C)c2ccccc2)n1. The summed E-state index contributed by atoms with van der Waals surface area (Å²) in [6.45, 7) is 4.28. The number of benzene rings is 2. The molecule has 0 saturated carbocycles. The van der Waals surface area contributed by atoms with E-state index in [1.54, 1.807) is 18.2 Å². The molecule has 27 heavy (non-hydrogen) atoms.